The third-order valence-corrected chi connectivity index (χ3v) is 2.66. The lowest BCUT2D eigenvalue weighted by molar-refractivity contribution is 0.0523. The fourth-order valence-electron chi connectivity index (χ4n) is 1.37. The lowest BCUT2D eigenvalue weighted by Gasteiger charge is -2.20. The molecule has 1 rings (SSSR count). The van der Waals surface area contributed by atoms with Crippen molar-refractivity contribution in [3.63, 3.8) is 0 Å². The molecule has 1 aromatic rings. The van der Waals surface area contributed by atoms with Crippen LogP contribution < -0.4 is 5.32 Å². The zero-order valence-corrected chi connectivity index (χ0v) is 12.2. The molecule has 0 aromatic heterocycles. The number of carbonyl (C=O) groups is 1. The van der Waals surface area contributed by atoms with Crippen LogP contribution in [0.15, 0.2) is 18.2 Å². The molecular weight excluding hydrogens is 273 g/mol. The minimum atomic E-state index is -0.501. The van der Waals surface area contributed by atoms with Crippen LogP contribution >= 0.6 is 23.2 Å². The Morgan fingerprint density at radius 3 is 2.56 bits per heavy atom. The number of hydrogen-bond donors (Lipinski definition) is 1. The summed E-state index contributed by atoms with van der Waals surface area (Å²) in [5.41, 5.74) is 1.33. The quantitative estimate of drug-likeness (QED) is 0.851. The number of halogens is 2. The summed E-state index contributed by atoms with van der Waals surface area (Å²) in [4.78, 5) is 11.5. The summed E-state index contributed by atoms with van der Waals surface area (Å²) in [7, 11) is 0. The smallest absolute Gasteiger partial charge is 0.407 e. The largest absolute Gasteiger partial charge is 0.444 e. The van der Waals surface area contributed by atoms with Gasteiger partial charge in [-0.1, -0.05) is 17.7 Å². The van der Waals surface area contributed by atoms with Crippen LogP contribution in [0, 0.1) is 0 Å². The van der Waals surface area contributed by atoms with E-state index in [1.807, 2.05) is 26.8 Å². The highest BCUT2D eigenvalue weighted by atomic mass is 35.5. The Hall–Kier alpha value is -0.930. The van der Waals surface area contributed by atoms with Crippen LogP contribution in [-0.2, 0) is 17.2 Å². The zero-order valence-electron chi connectivity index (χ0n) is 10.7. The summed E-state index contributed by atoms with van der Waals surface area (Å²) in [5, 5.41) is 3.32. The van der Waals surface area contributed by atoms with Crippen molar-refractivity contribution in [2.24, 2.45) is 0 Å². The third kappa shape index (κ3) is 5.15. The summed E-state index contributed by atoms with van der Waals surface area (Å²) in [5.74, 6) is 0.353. The summed E-state index contributed by atoms with van der Waals surface area (Å²) in [6, 6.07) is 5.40. The molecule has 0 heterocycles. The van der Waals surface area contributed by atoms with Gasteiger partial charge in [-0.05, 0) is 44.0 Å². The van der Waals surface area contributed by atoms with Crippen LogP contribution in [0.4, 0.5) is 4.79 Å². The van der Waals surface area contributed by atoms with Gasteiger partial charge in [-0.25, -0.2) is 4.79 Å². The van der Waals surface area contributed by atoms with E-state index in [1.54, 1.807) is 12.1 Å². The van der Waals surface area contributed by atoms with Gasteiger partial charge in [0.25, 0.3) is 0 Å². The van der Waals surface area contributed by atoms with Gasteiger partial charge >= 0.3 is 6.09 Å². The number of rotatable bonds is 3. The van der Waals surface area contributed by atoms with Gasteiger partial charge in [-0.3, -0.25) is 0 Å². The predicted octanol–water partition coefficient (Wildman–Crippen LogP) is 4.10. The van der Waals surface area contributed by atoms with Crippen molar-refractivity contribution >= 4 is 29.3 Å². The molecule has 0 unspecified atom stereocenters. The van der Waals surface area contributed by atoms with Gasteiger partial charge in [0.05, 0.1) is 0 Å². The summed E-state index contributed by atoms with van der Waals surface area (Å²) in [6.45, 7) is 5.82. The van der Waals surface area contributed by atoms with E-state index in [2.05, 4.69) is 5.32 Å². The molecule has 100 valence electrons. The predicted molar refractivity (Wildman–Crippen MR) is 74.1 cm³/mol. The standard InChI is InChI=1S/C13H17Cl2NO2/c1-13(2,3)18-12(17)16-8-9-4-5-11(15)6-10(9)7-14/h4-6H,7-8H2,1-3H3,(H,16,17). The molecule has 0 fully saturated rings. The van der Waals surface area contributed by atoms with E-state index in [9.17, 15) is 4.79 Å². The average molecular weight is 290 g/mol. The molecule has 0 radical (unpaired) electrons. The number of amides is 1. The number of carbonyl (C=O) groups excluding carboxylic acids is 1. The van der Waals surface area contributed by atoms with E-state index in [1.165, 1.54) is 0 Å². The van der Waals surface area contributed by atoms with Crippen molar-refractivity contribution in [2.45, 2.75) is 38.8 Å². The molecule has 0 spiro atoms. The topological polar surface area (TPSA) is 38.3 Å². The first kappa shape index (κ1) is 15.1. The molecule has 0 bridgehead atoms. The first-order chi connectivity index (χ1) is 8.31. The van der Waals surface area contributed by atoms with E-state index in [0.717, 1.165) is 11.1 Å². The Balaban J connectivity index is 2.61. The Morgan fingerprint density at radius 2 is 2.00 bits per heavy atom. The van der Waals surface area contributed by atoms with Crippen molar-refractivity contribution in [3.05, 3.63) is 34.3 Å². The van der Waals surface area contributed by atoms with E-state index >= 15 is 0 Å². The van der Waals surface area contributed by atoms with Crippen molar-refractivity contribution in [3.8, 4) is 0 Å². The maximum Gasteiger partial charge on any atom is 0.407 e. The second-order valence-corrected chi connectivity index (χ2v) is 5.61. The zero-order chi connectivity index (χ0) is 13.8. The Bertz CT molecular complexity index is 427. The number of benzene rings is 1. The highest BCUT2D eigenvalue weighted by molar-refractivity contribution is 6.30. The lowest BCUT2D eigenvalue weighted by Crippen LogP contribution is -2.32. The molecule has 0 aliphatic carbocycles. The lowest BCUT2D eigenvalue weighted by atomic mass is 10.1. The summed E-state index contributed by atoms with van der Waals surface area (Å²) in [6.07, 6.45) is -0.446. The molecule has 0 aliphatic heterocycles. The van der Waals surface area contributed by atoms with E-state index in [-0.39, 0.29) is 0 Å². The number of hydrogen-bond acceptors (Lipinski definition) is 2. The van der Waals surface area contributed by atoms with Crippen LogP contribution in [0.2, 0.25) is 5.02 Å². The first-order valence-corrected chi connectivity index (χ1v) is 6.53. The van der Waals surface area contributed by atoms with Crippen molar-refractivity contribution in [1.29, 1.82) is 0 Å². The molecule has 3 nitrogen and oxygen atoms in total. The molecule has 5 heteroatoms. The van der Waals surface area contributed by atoms with Crippen LogP contribution in [0.1, 0.15) is 31.9 Å². The number of alkyl halides is 1. The Kier molecular flexibility index (Phi) is 5.29. The molecule has 0 aliphatic rings. The Labute approximate surface area is 117 Å². The van der Waals surface area contributed by atoms with Crippen LogP contribution in [0.25, 0.3) is 0 Å². The van der Waals surface area contributed by atoms with Crippen molar-refractivity contribution in [2.75, 3.05) is 0 Å². The monoisotopic (exact) mass is 289 g/mol. The van der Waals surface area contributed by atoms with E-state index < -0.39 is 11.7 Å². The number of ether oxygens (including phenoxy) is 1. The fraction of sp³-hybridized carbons (Fsp3) is 0.462. The van der Waals surface area contributed by atoms with Crippen LogP contribution in [-0.4, -0.2) is 11.7 Å². The minimum Gasteiger partial charge on any atom is -0.444 e. The average Bonchev–Trinajstić information content (AvgIpc) is 2.24. The second kappa shape index (κ2) is 6.30. The van der Waals surface area contributed by atoms with Gasteiger partial charge in [0, 0.05) is 17.4 Å². The van der Waals surface area contributed by atoms with Crippen LogP contribution in [0.5, 0.6) is 0 Å². The fourth-order valence-corrected chi connectivity index (χ4v) is 1.82. The number of nitrogens with one attached hydrogen (secondary N) is 1. The number of alkyl carbamates (subject to hydrolysis) is 1. The van der Waals surface area contributed by atoms with Gasteiger partial charge in [0.1, 0.15) is 5.60 Å². The first-order valence-electron chi connectivity index (χ1n) is 5.62. The van der Waals surface area contributed by atoms with Crippen LogP contribution in [0.3, 0.4) is 0 Å². The van der Waals surface area contributed by atoms with Gasteiger partial charge in [0.15, 0.2) is 0 Å². The molecule has 1 N–H and O–H groups in total. The normalized spacial score (nSPS) is 11.2. The van der Waals surface area contributed by atoms with Crippen molar-refractivity contribution in [1.82, 2.24) is 5.32 Å². The molecule has 0 saturated heterocycles. The highest BCUT2D eigenvalue weighted by Crippen LogP contribution is 2.18. The SMILES string of the molecule is CC(C)(C)OC(=O)NCc1ccc(Cl)cc1CCl. The molecule has 0 atom stereocenters. The van der Waals surface area contributed by atoms with Gasteiger partial charge in [-0.2, -0.15) is 0 Å². The maximum atomic E-state index is 11.5. The second-order valence-electron chi connectivity index (χ2n) is 4.90. The molecule has 18 heavy (non-hydrogen) atoms. The Morgan fingerprint density at radius 1 is 1.33 bits per heavy atom. The molecule has 1 amide bonds. The summed E-state index contributed by atoms with van der Waals surface area (Å²) >= 11 is 11.7. The van der Waals surface area contributed by atoms with Gasteiger partial charge < -0.3 is 10.1 Å². The van der Waals surface area contributed by atoms with E-state index in [0.29, 0.717) is 17.4 Å². The minimum absolute atomic E-state index is 0.353. The van der Waals surface area contributed by atoms with E-state index in [4.69, 9.17) is 27.9 Å². The maximum absolute atomic E-state index is 11.5. The summed E-state index contributed by atoms with van der Waals surface area (Å²) < 4.78 is 5.15. The molecule has 1 aromatic carbocycles. The van der Waals surface area contributed by atoms with Crippen molar-refractivity contribution < 1.29 is 9.53 Å². The highest BCUT2D eigenvalue weighted by Gasteiger charge is 2.16. The third-order valence-electron chi connectivity index (χ3n) is 2.13. The van der Waals surface area contributed by atoms with Gasteiger partial charge in [-0.15, -0.1) is 11.6 Å². The molecule has 0 saturated carbocycles. The molecular formula is C13H17Cl2NO2. The van der Waals surface area contributed by atoms with Gasteiger partial charge in [0.2, 0.25) is 0 Å².